The van der Waals surface area contributed by atoms with Crippen molar-refractivity contribution in [1.82, 2.24) is 20.7 Å². The summed E-state index contributed by atoms with van der Waals surface area (Å²) in [5.41, 5.74) is 10.0. The Morgan fingerprint density at radius 2 is 1.97 bits per heavy atom. The predicted molar refractivity (Wildman–Crippen MR) is 119 cm³/mol. The number of hydrogen-bond donors (Lipinski definition) is 2. The quantitative estimate of drug-likeness (QED) is 0.736. The number of sulfone groups is 1. The number of pyridine rings is 1. The van der Waals surface area contributed by atoms with Crippen LogP contribution in [0.3, 0.4) is 0 Å². The molecule has 31 heavy (non-hydrogen) atoms. The Labute approximate surface area is 184 Å². The van der Waals surface area contributed by atoms with Gasteiger partial charge in [0.1, 0.15) is 0 Å². The first-order valence-corrected chi connectivity index (χ1v) is 12.7. The average molecular weight is 443 g/mol. The lowest BCUT2D eigenvalue weighted by Gasteiger charge is -2.41. The first-order chi connectivity index (χ1) is 14.8. The highest BCUT2D eigenvalue weighted by Crippen LogP contribution is 2.32. The van der Waals surface area contributed by atoms with Crippen LogP contribution in [0.25, 0.3) is 0 Å². The number of aromatic nitrogens is 1. The molecule has 7 nitrogen and oxygen atoms in total. The number of piperidine rings is 1. The number of nitrogens with one attached hydrogen (secondary N) is 2. The van der Waals surface area contributed by atoms with Gasteiger partial charge in [-0.3, -0.25) is 20.6 Å². The second-order valence-electron chi connectivity index (χ2n) is 8.63. The van der Waals surface area contributed by atoms with Crippen LogP contribution in [0, 0.1) is 6.92 Å². The van der Waals surface area contributed by atoms with Crippen LogP contribution in [-0.2, 0) is 21.1 Å². The summed E-state index contributed by atoms with van der Waals surface area (Å²) in [6.45, 7) is 3.66. The Bertz CT molecular complexity index is 1040. The van der Waals surface area contributed by atoms with Crippen LogP contribution < -0.4 is 10.9 Å². The van der Waals surface area contributed by atoms with E-state index in [0.717, 1.165) is 37.9 Å². The number of nitrogens with zero attached hydrogens (tertiary/aromatic N) is 2. The van der Waals surface area contributed by atoms with Crippen LogP contribution in [0.2, 0.25) is 0 Å². The lowest BCUT2D eigenvalue weighted by molar-refractivity contribution is -0.135. The van der Waals surface area contributed by atoms with E-state index in [9.17, 15) is 13.2 Å². The largest absolute Gasteiger partial charge is 0.338 e. The van der Waals surface area contributed by atoms with Crippen LogP contribution in [0.5, 0.6) is 0 Å². The van der Waals surface area contributed by atoms with Gasteiger partial charge in [-0.05, 0) is 61.1 Å². The Morgan fingerprint density at radius 1 is 1.19 bits per heavy atom. The summed E-state index contributed by atoms with van der Waals surface area (Å²) in [5, 5.41) is 0. The molecular formula is C23H30N4O3S. The molecule has 2 N–H and O–H groups in total. The third-order valence-electron chi connectivity index (χ3n) is 6.48. The number of rotatable bonds is 5. The van der Waals surface area contributed by atoms with Gasteiger partial charge in [0.2, 0.25) is 5.91 Å². The van der Waals surface area contributed by atoms with Gasteiger partial charge in [-0.1, -0.05) is 12.1 Å². The van der Waals surface area contributed by atoms with Crippen LogP contribution in [0.15, 0.2) is 47.6 Å². The Kier molecular flexibility index (Phi) is 6.41. The van der Waals surface area contributed by atoms with E-state index in [1.165, 1.54) is 17.4 Å². The van der Waals surface area contributed by atoms with Crippen LogP contribution in [0.1, 0.15) is 41.9 Å². The Morgan fingerprint density at radius 3 is 2.68 bits per heavy atom. The minimum Gasteiger partial charge on any atom is -0.338 e. The van der Waals surface area contributed by atoms with Crippen LogP contribution in [-0.4, -0.2) is 55.6 Å². The molecule has 1 aromatic heterocycles. The van der Waals surface area contributed by atoms with Crippen molar-refractivity contribution in [3.8, 4) is 0 Å². The highest BCUT2D eigenvalue weighted by Gasteiger charge is 2.40. The second kappa shape index (κ2) is 9.06. The molecule has 0 aliphatic carbocycles. The van der Waals surface area contributed by atoms with Gasteiger partial charge in [-0.25, -0.2) is 8.42 Å². The maximum atomic E-state index is 13.3. The fourth-order valence-electron chi connectivity index (χ4n) is 4.85. The molecule has 3 unspecified atom stereocenters. The van der Waals surface area contributed by atoms with Gasteiger partial charge in [0.25, 0.3) is 0 Å². The molecule has 0 radical (unpaired) electrons. The SMILES string of the molecule is Cc1cnccc1C1CNNC1C1CCCCN1C(=O)Cc1ccc(S(C)(=O)=O)cc1. The number of aryl methyl sites for hydroxylation is 1. The number of carbonyl (C=O) groups is 1. The molecule has 0 spiro atoms. The zero-order chi connectivity index (χ0) is 22.0. The van der Waals surface area contributed by atoms with Crippen LogP contribution >= 0.6 is 0 Å². The predicted octanol–water partition coefficient (Wildman–Crippen LogP) is 1.98. The highest BCUT2D eigenvalue weighted by molar-refractivity contribution is 7.90. The number of benzene rings is 1. The molecular weight excluding hydrogens is 412 g/mol. The summed E-state index contributed by atoms with van der Waals surface area (Å²) >= 11 is 0. The molecule has 0 bridgehead atoms. The van der Waals surface area contributed by atoms with Gasteiger partial charge in [0, 0.05) is 49.7 Å². The molecule has 2 aliphatic heterocycles. The molecule has 0 saturated carbocycles. The summed E-state index contributed by atoms with van der Waals surface area (Å²) in [4.78, 5) is 19.8. The summed E-state index contributed by atoms with van der Waals surface area (Å²) in [7, 11) is -3.24. The van der Waals surface area contributed by atoms with Gasteiger partial charge in [0.15, 0.2) is 9.84 Å². The minimum atomic E-state index is -3.24. The molecule has 4 rings (SSSR count). The Hall–Kier alpha value is -2.29. The van der Waals surface area contributed by atoms with Gasteiger partial charge >= 0.3 is 0 Å². The summed E-state index contributed by atoms with van der Waals surface area (Å²) in [6.07, 6.45) is 8.29. The lowest BCUT2D eigenvalue weighted by atomic mass is 9.83. The first-order valence-electron chi connectivity index (χ1n) is 10.8. The van der Waals surface area contributed by atoms with E-state index in [2.05, 4.69) is 28.8 Å². The molecule has 3 heterocycles. The van der Waals surface area contributed by atoms with Crippen LogP contribution in [0.4, 0.5) is 0 Å². The zero-order valence-electron chi connectivity index (χ0n) is 18.0. The Balaban J connectivity index is 1.52. The number of likely N-dealkylation sites (tertiary alicyclic amines) is 1. The van der Waals surface area contributed by atoms with Crippen molar-refractivity contribution in [1.29, 1.82) is 0 Å². The first kappa shape index (κ1) is 21.9. The maximum absolute atomic E-state index is 13.3. The smallest absolute Gasteiger partial charge is 0.227 e. The molecule has 3 atom stereocenters. The summed E-state index contributed by atoms with van der Waals surface area (Å²) in [6, 6.07) is 8.98. The highest BCUT2D eigenvalue weighted by atomic mass is 32.2. The fourth-order valence-corrected chi connectivity index (χ4v) is 5.48. The normalized spacial score (nSPS) is 24.3. The lowest BCUT2D eigenvalue weighted by Crippen LogP contribution is -2.55. The van der Waals surface area contributed by atoms with Crippen molar-refractivity contribution < 1.29 is 13.2 Å². The summed E-state index contributed by atoms with van der Waals surface area (Å²) < 4.78 is 23.4. The average Bonchev–Trinajstić information content (AvgIpc) is 3.23. The van der Waals surface area contributed by atoms with E-state index in [-0.39, 0.29) is 35.2 Å². The number of carbonyl (C=O) groups excluding carboxylic acids is 1. The minimum absolute atomic E-state index is 0.0932. The topological polar surface area (TPSA) is 91.4 Å². The van der Waals surface area contributed by atoms with E-state index in [1.807, 2.05) is 17.3 Å². The third-order valence-corrected chi connectivity index (χ3v) is 7.61. The molecule has 2 saturated heterocycles. The molecule has 166 valence electrons. The number of hydrogen-bond acceptors (Lipinski definition) is 6. The van der Waals surface area contributed by atoms with Crippen molar-refractivity contribution in [3.63, 3.8) is 0 Å². The van der Waals surface area contributed by atoms with E-state index in [0.29, 0.717) is 0 Å². The maximum Gasteiger partial charge on any atom is 0.227 e. The molecule has 2 fully saturated rings. The van der Waals surface area contributed by atoms with Gasteiger partial charge in [-0.2, -0.15) is 0 Å². The number of amides is 1. The molecule has 1 amide bonds. The summed E-state index contributed by atoms with van der Waals surface area (Å²) in [5.74, 6) is 0.367. The van der Waals surface area contributed by atoms with E-state index in [4.69, 9.17) is 0 Å². The van der Waals surface area contributed by atoms with E-state index < -0.39 is 9.84 Å². The van der Waals surface area contributed by atoms with Gasteiger partial charge < -0.3 is 4.90 Å². The molecule has 2 aliphatic rings. The fraction of sp³-hybridized carbons (Fsp3) is 0.478. The van der Waals surface area contributed by atoms with E-state index >= 15 is 0 Å². The van der Waals surface area contributed by atoms with Gasteiger partial charge in [-0.15, -0.1) is 0 Å². The zero-order valence-corrected chi connectivity index (χ0v) is 18.9. The van der Waals surface area contributed by atoms with Crippen molar-refractivity contribution in [2.24, 2.45) is 0 Å². The van der Waals surface area contributed by atoms with Crippen molar-refractivity contribution in [3.05, 3.63) is 59.4 Å². The third kappa shape index (κ3) is 4.81. The van der Waals surface area contributed by atoms with Crippen molar-refractivity contribution in [2.75, 3.05) is 19.3 Å². The van der Waals surface area contributed by atoms with Crippen molar-refractivity contribution in [2.45, 2.75) is 55.5 Å². The molecule has 2 aromatic rings. The van der Waals surface area contributed by atoms with E-state index in [1.54, 1.807) is 24.3 Å². The standard InChI is InChI=1S/C23H30N4O3S/c1-16-14-24-11-10-19(16)20-15-25-26-23(20)21-5-3-4-12-27(21)22(28)13-17-6-8-18(9-7-17)31(2,29)30/h6-11,14,20-21,23,25-26H,3-5,12-13,15H2,1-2H3. The molecule has 1 aromatic carbocycles. The molecule has 8 heteroatoms. The second-order valence-corrected chi connectivity index (χ2v) is 10.6. The number of hydrazine groups is 1. The van der Waals surface area contributed by atoms with Crippen molar-refractivity contribution >= 4 is 15.7 Å². The van der Waals surface area contributed by atoms with Gasteiger partial charge in [0.05, 0.1) is 11.3 Å². The monoisotopic (exact) mass is 442 g/mol.